The Hall–Kier alpha value is -3.24. The van der Waals surface area contributed by atoms with Gasteiger partial charge in [0.25, 0.3) is 0 Å². The van der Waals surface area contributed by atoms with Gasteiger partial charge in [-0.05, 0) is 74.3 Å². The second-order valence-corrected chi connectivity index (χ2v) is 9.74. The number of hydrogen-bond donors (Lipinski definition) is 4. The molecule has 0 bridgehead atoms. The first-order chi connectivity index (χ1) is 17.4. The fraction of sp³-hybridized carbons (Fsp3) is 0.385. The van der Waals surface area contributed by atoms with Gasteiger partial charge in [-0.2, -0.15) is 0 Å². The van der Waals surface area contributed by atoms with Crippen LogP contribution in [-0.2, 0) is 16.0 Å². The van der Waals surface area contributed by atoms with Gasteiger partial charge < -0.3 is 30.4 Å². The van der Waals surface area contributed by atoms with Crippen molar-refractivity contribution in [2.75, 3.05) is 39.6 Å². The molecule has 0 atom stereocenters. The van der Waals surface area contributed by atoms with Crippen LogP contribution in [0, 0.1) is 5.82 Å². The van der Waals surface area contributed by atoms with Gasteiger partial charge in [-0.15, -0.1) is 11.8 Å². The maximum Gasteiger partial charge on any atom is 0.245 e. The molecule has 0 aliphatic carbocycles. The molecule has 4 N–H and O–H groups in total. The van der Waals surface area contributed by atoms with Crippen molar-refractivity contribution in [3.05, 3.63) is 54.0 Å². The molecule has 2 aromatic carbocycles. The number of rotatable bonds is 10. The molecule has 10 heteroatoms. The van der Waals surface area contributed by atoms with E-state index in [0.717, 1.165) is 21.4 Å². The molecule has 8 nitrogen and oxygen atoms in total. The lowest BCUT2D eigenvalue weighted by atomic mass is 9.87. The molecule has 3 aromatic rings. The summed E-state index contributed by atoms with van der Waals surface area (Å²) in [6.45, 7) is 1.66. The van der Waals surface area contributed by atoms with Crippen molar-refractivity contribution in [3.63, 3.8) is 0 Å². The highest BCUT2D eigenvalue weighted by Crippen LogP contribution is 2.32. The van der Waals surface area contributed by atoms with Gasteiger partial charge in [0.05, 0.1) is 20.0 Å². The van der Waals surface area contributed by atoms with Crippen LogP contribution in [0.3, 0.4) is 0 Å². The molecule has 1 aromatic heterocycles. The number of methoxy groups -OCH3 is 2. The number of carbonyl (C=O) groups is 2. The molecule has 2 amide bonds. The Morgan fingerprint density at radius 3 is 2.61 bits per heavy atom. The molecule has 0 radical (unpaired) electrons. The molecule has 1 aliphatic rings. The summed E-state index contributed by atoms with van der Waals surface area (Å²) in [5.74, 6) is 0.677. The smallest absolute Gasteiger partial charge is 0.245 e. The van der Waals surface area contributed by atoms with Gasteiger partial charge in [0.2, 0.25) is 11.8 Å². The number of nitrogens with one attached hydrogen (secondary N) is 4. The summed E-state index contributed by atoms with van der Waals surface area (Å²) in [7, 11) is 3.14. The summed E-state index contributed by atoms with van der Waals surface area (Å²) in [6, 6.07) is 10.1. The first-order valence-corrected chi connectivity index (χ1v) is 12.8. The van der Waals surface area contributed by atoms with E-state index in [9.17, 15) is 14.0 Å². The van der Waals surface area contributed by atoms with E-state index < -0.39 is 5.54 Å². The Balaban J connectivity index is 1.35. The van der Waals surface area contributed by atoms with Crippen molar-refractivity contribution >= 4 is 34.5 Å². The maximum absolute atomic E-state index is 13.7. The third-order valence-electron chi connectivity index (χ3n) is 6.40. The van der Waals surface area contributed by atoms with Gasteiger partial charge >= 0.3 is 0 Å². The van der Waals surface area contributed by atoms with Crippen molar-refractivity contribution < 1.29 is 23.5 Å². The van der Waals surface area contributed by atoms with Crippen LogP contribution >= 0.6 is 11.8 Å². The molecule has 1 aliphatic heterocycles. The molecule has 0 saturated carbocycles. The topological polar surface area (TPSA) is 104 Å². The first-order valence-electron chi connectivity index (χ1n) is 11.8. The van der Waals surface area contributed by atoms with E-state index in [2.05, 4.69) is 20.9 Å². The standard InChI is InChI=1S/C26H31FN4O4S/c1-34-22-6-4-19(14-23(22)35-2)36-16-24(32)31-26(8-11-28-12-9-26)25(33)29-10-7-17-15-30-21-5-3-18(27)13-20(17)21/h3-6,13-15,28,30H,7-12,16H2,1-2H3,(H,29,33)(H,31,32). The van der Waals surface area contributed by atoms with Gasteiger partial charge in [0, 0.05) is 28.5 Å². The number of piperidine rings is 1. The zero-order valence-corrected chi connectivity index (χ0v) is 21.2. The van der Waals surface area contributed by atoms with E-state index >= 15 is 0 Å². The first kappa shape index (κ1) is 25.8. The molecule has 1 saturated heterocycles. The van der Waals surface area contributed by atoms with Crippen LogP contribution in [-0.4, -0.2) is 61.9 Å². The lowest BCUT2D eigenvalue weighted by Gasteiger charge is -2.37. The zero-order valence-electron chi connectivity index (χ0n) is 20.4. The van der Waals surface area contributed by atoms with E-state index in [1.165, 1.54) is 23.9 Å². The third-order valence-corrected chi connectivity index (χ3v) is 7.40. The predicted octanol–water partition coefficient (Wildman–Crippen LogP) is 3.01. The molecule has 0 spiro atoms. The van der Waals surface area contributed by atoms with Crippen molar-refractivity contribution in [3.8, 4) is 11.5 Å². The highest BCUT2D eigenvalue weighted by Gasteiger charge is 2.40. The van der Waals surface area contributed by atoms with Gasteiger partial charge in [0.15, 0.2) is 11.5 Å². The Morgan fingerprint density at radius 2 is 1.86 bits per heavy atom. The average Bonchev–Trinajstić information content (AvgIpc) is 3.29. The number of ether oxygens (including phenoxy) is 2. The van der Waals surface area contributed by atoms with Crippen LogP contribution < -0.4 is 25.4 Å². The fourth-order valence-corrected chi connectivity index (χ4v) is 5.18. The number of benzene rings is 2. The Labute approximate surface area is 213 Å². The van der Waals surface area contributed by atoms with E-state index in [1.807, 2.05) is 18.3 Å². The van der Waals surface area contributed by atoms with Crippen LogP contribution in [0.2, 0.25) is 0 Å². The Kier molecular flexibility index (Phi) is 8.37. The fourth-order valence-electron chi connectivity index (χ4n) is 4.46. The number of carbonyl (C=O) groups excluding carboxylic acids is 2. The molecule has 0 unspecified atom stereocenters. The number of thioether (sulfide) groups is 1. The number of amides is 2. The van der Waals surface area contributed by atoms with Crippen LogP contribution in [0.4, 0.5) is 4.39 Å². The van der Waals surface area contributed by atoms with E-state index in [-0.39, 0.29) is 23.4 Å². The summed E-state index contributed by atoms with van der Waals surface area (Å²) in [5, 5.41) is 10.1. The summed E-state index contributed by atoms with van der Waals surface area (Å²) in [5.41, 5.74) is 0.818. The quantitative estimate of drug-likeness (QED) is 0.310. The Morgan fingerprint density at radius 1 is 1.08 bits per heavy atom. The van der Waals surface area contributed by atoms with Crippen LogP contribution in [0.5, 0.6) is 11.5 Å². The summed E-state index contributed by atoms with van der Waals surface area (Å²) in [6.07, 6.45) is 3.39. The number of fused-ring (bicyclic) bond motifs is 1. The maximum atomic E-state index is 13.7. The number of aromatic amines is 1. The van der Waals surface area contributed by atoms with Crippen molar-refractivity contribution in [2.24, 2.45) is 0 Å². The molecule has 4 rings (SSSR count). The second-order valence-electron chi connectivity index (χ2n) is 8.70. The van der Waals surface area contributed by atoms with Gasteiger partial charge in [-0.3, -0.25) is 9.59 Å². The van der Waals surface area contributed by atoms with Crippen LogP contribution in [0.25, 0.3) is 10.9 Å². The predicted molar refractivity (Wildman–Crippen MR) is 138 cm³/mol. The summed E-state index contributed by atoms with van der Waals surface area (Å²) in [4.78, 5) is 30.1. The molecule has 192 valence electrons. The molecule has 36 heavy (non-hydrogen) atoms. The molecule has 2 heterocycles. The lowest BCUT2D eigenvalue weighted by molar-refractivity contribution is -0.133. The van der Waals surface area contributed by atoms with E-state index in [0.29, 0.717) is 50.4 Å². The minimum absolute atomic E-state index is 0.166. The number of aromatic nitrogens is 1. The largest absolute Gasteiger partial charge is 0.493 e. The highest BCUT2D eigenvalue weighted by atomic mass is 32.2. The van der Waals surface area contributed by atoms with Gasteiger partial charge in [0.1, 0.15) is 11.4 Å². The van der Waals surface area contributed by atoms with E-state index in [4.69, 9.17) is 9.47 Å². The normalized spacial score (nSPS) is 14.9. The van der Waals surface area contributed by atoms with Crippen LogP contribution in [0.15, 0.2) is 47.5 Å². The monoisotopic (exact) mass is 514 g/mol. The van der Waals surface area contributed by atoms with Crippen molar-refractivity contribution in [1.82, 2.24) is 20.9 Å². The SMILES string of the molecule is COc1ccc(SCC(=O)NC2(C(=O)NCCc3c[nH]c4ccc(F)cc34)CCNCC2)cc1OC. The van der Waals surface area contributed by atoms with E-state index in [1.54, 1.807) is 26.4 Å². The van der Waals surface area contributed by atoms with Crippen molar-refractivity contribution in [1.29, 1.82) is 0 Å². The minimum Gasteiger partial charge on any atom is -0.493 e. The summed E-state index contributed by atoms with van der Waals surface area (Å²) < 4.78 is 24.2. The molecule has 1 fully saturated rings. The second kappa shape index (κ2) is 11.7. The number of halogens is 1. The molecular weight excluding hydrogens is 483 g/mol. The number of hydrogen-bond acceptors (Lipinski definition) is 6. The highest BCUT2D eigenvalue weighted by molar-refractivity contribution is 8.00. The average molecular weight is 515 g/mol. The van der Waals surface area contributed by atoms with Gasteiger partial charge in [-0.25, -0.2) is 4.39 Å². The summed E-state index contributed by atoms with van der Waals surface area (Å²) >= 11 is 1.37. The van der Waals surface area contributed by atoms with Crippen molar-refractivity contribution in [2.45, 2.75) is 29.7 Å². The minimum atomic E-state index is -0.965. The Bertz CT molecular complexity index is 1230. The zero-order chi connectivity index (χ0) is 25.5. The third kappa shape index (κ3) is 5.93. The number of H-pyrrole nitrogens is 1. The molecular formula is C26H31FN4O4S. The van der Waals surface area contributed by atoms with Crippen LogP contribution in [0.1, 0.15) is 18.4 Å². The van der Waals surface area contributed by atoms with Gasteiger partial charge in [-0.1, -0.05) is 0 Å². The lowest BCUT2D eigenvalue weighted by Crippen LogP contribution is -2.63.